The molecule has 0 heterocycles. The van der Waals surface area contributed by atoms with E-state index in [1.54, 1.807) is 26.2 Å². The Bertz CT molecular complexity index is 1340. The van der Waals surface area contributed by atoms with Crippen LogP contribution in [-0.4, -0.2) is 30.9 Å². The van der Waals surface area contributed by atoms with Gasteiger partial charge in [0.25, 0.3) is 0 Å². The molecule has 0 aliphatic rings. The van der Waals surface area contributed by atoms with Crippen LogP contribution >= 0.6 is 11.6 Å². The standard InChI is InChI=1S/C31H32ClNO4/c1-3-37-31(35)22-10-13-27(14-11-22)33-30(25-5-4-6-26(32)18-25)20-28(34)15-8-21-7-9-24-19-29(36-2)16-12-23(24)17-21/h4-7,9-14,16-19,28,30,33-34H,3,8,15,20H2,1-2H3. The highest BCUT2D eigenvalue weighted by Crippen LogP contribution is 2.28. The Labute approximate surface area is 223 Å². The molecule has 0 fully saturated rings. The van der Waals surface area contributed by atoms with Gasteiger partial charge in [0.15, 0.2) is 0 Å². The van der Waals surface area contributed by atoms with Crippen molar-refractivity contribution in [1.82, 2.24) is 0 Å². The van der Waals surface area contributed by atoms with E-state index in [9.17, 15) is 9.90 Å². The number of rotatable bonds is 11. The molecule has 0 aromatic heterocycles. The summed E-state index contributed by atoms with van der Waals surface area (Å²) >= 11 is 6.27. The average molecular weight is 518 g/mol. The number of methoxy groups -OCH3 is 1. The first-order valence-corrected chi connectivity index (χ1v) is 12.9. The van der Waals surface area contributed by atoms with Gasteiger partial charge in [-0.2, -0.15) is 0 Å². The number of aliphatic hydroxyl groups excluding tert-OH is 1. The summed E-state index contributed by atoms with van der Waals surface area (Å²) in [4.78, 5) is 12.0. The zero-order valence-corrected chi connectivity index (χ0v) is 21.9. The maximum absolute atomic E-state index is 12.0. The zero-order chi connectivity index (χ0) is 26.2. The highest BCUT2D eigenvalue weighted by Gasteiger charge is 2.18. The predicted molar refractivity (Wildman–Crippen MR) is 150 cm³/mol. The fourth-order valence-electron chi connectivity index (χ4n) is 4.40. The van der Waals surface area contributed by atoms with Gasteiger partial charge in [-0.1, -0.05) is 48.0 Å². The molecule has 2 atom stereocenters. The Hall–Kier alpha value is -3.54. The molecular weight excluding hydrogens is 486 g/mol. The van der Waals surface area contributed by atoms with Gasteiger partial charge in [-0.3, -0.25) is 0 Å². The van der Waals surface area contributed by atoms with Crippen molar-refractivity contribution in [3.8, 4) is 5.75 Å². The van der Waals surface area contributed by atoms with Gasteiger partial charge in [-0.15, -0.1) is 0 Å². The average Bonchev–Trinajstić information content (AvgIpc) is 2.91. The van der Waals surface area contributed by atoms with Crippen molar-refractivity contribution in [3.05, 3.63) is 107 Å². The quantitative estimate of drug-likeness (QED) is 0.206. The number of esters is 1. The molecule has 0 aliphatic carbocycles. The molecule has 0 bridgehead atoms. The molecule has 4 aromatic rings. The van der Waals surface area contributed by atoms with Crippen LogP contribution in [0, 0.1) is 0 Å². The van der Waals surface area contributed by atoms with Crippen LogP contribution in [0.3, 0.4) is 0 Å². The van der Waals surface area contributed by atoms with E-state index in [0.717, 1.165) is 34.2 Å². The largest absolute Gasteiger partial charge is 0.497 e. The lowest BCUT2D eigenvalue weighted by atomic mass is 9.96. The number of fused-ring (bicyclic) bond motifs is 1. The fourth-order valence-corrected chi connectivity index (χ4v) is 4.60. The second kappa shape index (κ2) is 12.6. The van der Waals surface area contributed by atoms with E-state index >= 15 is 0 Å². The van der Waals surface area contributed by atoms with E-state index in [1.165, 1.54) is 5.56 Å². The van der Waals surface area contributed by atoms with Gasteiger partial charge in [0.2, 0.25) is 0 Å². The number of aryl methyl sites for hydroxylation is 1. The lowest BCUT2D eigenvalue weighted by Gasteiger charge is -2.24. The van der Waals surface area contributed by atoms with E-state index < -0.39 is 6.10 Å². The van der Waals surface area contributed by atoms with Gasteiger partial charge in [-0.05, 0) is 96.6 Å². The van der Waals surface area contributed by atoms with E-state index in [1.807, 2.05) is 48.5 Å². The second-order valence-electron chi connectivity index (χ2n) is 9.03. The minimum Gasteiger partial charge on any atom is -0.497 e. The lowest BCUT2D eigenvalue weighted by molar-refractivity contribution is 0.0526. The number of benzene rings is 4. The van der Waals surface area contributed by atoms with E-state index in [0.29, 0.717) is 30.0 Å². The van der Waals surface area contributed by atoms with Gasteiger partial charge in [0, 0.05) is 10.7 Å². The van der Waals surface area contributed by atoms with Crippen LogP contribution in [0.25, 0.3) is 10.8 Å². The number of carbonyl (C=O) groups is 1. The molecule has 4 aromatic carbocycles. The molecule has 2 N–H and O–H groups in total. The van der Waals surface area contributed by atoms with E-state index in [2.05, 4.69) is 29.6 Å². The van der Waals surface area contributed by atoms with Crippen LogP contribution < -0.4 is 10.1 Å². The number of ether oxygens (including phenoxy) is 2. The molecule has 0 aliphatic heterocycles. The topological polar surface area (TPSA) is 67.8 Å². The summed E-state index contributed by atoms with van der Waals surface area (Å²) in [6, 6.07) is 27.1. The SMILES string of the molecule is CCOC(=O)c1ccc(NC(CC(O)CCc2ccc3cc(OC)ccc3c2)c2cccc(Cl)c2)cc1. The molecule has 4 rings (SSSR count). The molecule has 2 unspecified atom stereocenters. The molecule has 0 radical (unpaired) electrons. The van der Waals surface area contributed by atoms with Gasteiger partial charge < -0.3 is 19.9 Å². The van der Waals surface area contributed by atoms with Gasteiger partial charge in [0.1, 0.15) is 5.75 Å². The number of anilines is 1. The van der Waals surface area contributed by atoms with Crippen molar-refractivity contribution >= 4 is 34.0 Å². The zero-order valence-electron chi connectivity index (χ0n) is 21.1. The highest BCUT2D eigenvalue weighted by atomic mass is 35.5. The number of halogens is 1. The minimum atomic E-state index is -0.526. The third-order valence-electron chi connectivity index (χ3n) is 6.37. The molecule has 0 saturated heterocycles. The smallest absolute Gasteiger partial charge is 0.338 e. The third-order valence-corrected chi connectivity index (χ3v) is 6.61. The Morgan fingerprint density at radius 1 is 0.973 bits per heavy atom. The van der Waals surface area contributed by atoms with Gasteiger partial charge >= 0.3 is 5.97 Å². The molecule has 0 spiro atoms. The van der Waals surface area contributed by atoms with Crippen LogP contribution in [0.15, 0.2) is 84.9 Å². The van der Waals surface area contributed by atoms with Crippen LogP contribution in [0.4, 0.5) is 5.69 Å². The van der Waals surface area contributed by atoms with Crippen LogP contribution in [-0.2, 0) is 11.2 Å². The summed E-state index contributed by atoms with van der Waals surface area (Å²) in [5.74, 6) is 0.495. The summed E-state index contributed by atoms with van der Waals surface area (Å²) in [7, 11) is 1.67. The van der Waals surface area contributed by atoms with Gasteiger partial charge in [-0.25, -0.2) is 4.79 Å². The summed E-state index contributed by atoms with van der Waals surface area (Å²) in [5, 5.41) is 17.4. The van der Waals surface area contributed by atoms with Gasteiger partial charge in [0.05, 0.1) is 31.4 Å². The molecule has 6 heteroatoms. The molecule has 0 saturated carbocycles. The summed E-state index contributed by atoms with van der Waals surface area (Å²) in [6.45, 7) is 2.12. The Kier molecular flexibility index (Phi) is 9.04. The summed E-state index contributed by atoms with van der Waals surface area (Å²) < 4.78 is 10.4. The van der Waals surface area contributed by atoms with Crippen LogP contribution in [0.1, 0.15) is 47.3 Å². The maximum atomic E-state index is 12.0. The first-order valence-electron chi connectivity index (χ1n) is 12.5. The summed E-state index contributed by atoms with van der Waals surface area (Å²) in [5.41, 5.74) is 3.51. The lowest BCUT2D eigenvalue weighted by Crippen LogP contribution is -2.19. The monoisotopic (exact) mass is 517 g/mol. The Morgan fingerprint density at radius 3 is 2.46 bits per heavy atom. The normalized spacial score (nSPS) is 12.6. The van der Waals surface area contributed by atoms with E-state index in [4.69, 9.17) is 21.1 Å². The highest BCUT2D eigenvalue weighted by molar-refractivity contribution is 6.30. The Morgan fingerprint density at radius 2 is 1.73 bits per heavy atom. The maximum Gasteiger partial charge on any atom is 0.338 e. The van der Waals surface area contributed by atoms with E-state index in [-0.39, 0.29) is 12.0 Å². The van der Waals surface area contributed by atoms with Crippen molar-refractivity contribution in [3.63, 3.8) is 0 Å². The molecule has 192 valence electrons. The van der Waals surface area contributed by atoms with Crippen molar-refractivity contribution in [2.45, 2.75) is 38.3 Å². The van der Waals surface area contributed by atoms with Crippen molar-refractivity contribution in [2.75, 3.05) is 19.0 Å². The number of nitrogens with one attached hydrogen (secondary N) is 1. The number of aliphatic hydroxyl groups is 1. The fraction of sp³-hybridized carbons (Fsp3) is 0.258. The summed E-state index contributed by atoms with van der Waals surface area (Å²) in [6.07, 6.45) is 1.37. The number of carbonyl (C=O) groups excluding carboxylic acids is 1. The molecule has 5 nitrogen and oxygen atoms in total. The predicted octanol–water partition coefficient (Wildman–Crippen LogP) is 7.22. The third kappa shape index (κ3) is 7.25. The first kappa shape index (κ1) is 26.5. The first-order chi connectivity index (χ1) is 17.9. The Balaban J connectivity index is 1.44. The van der Waals surface area contributed by atoms with Crippen molar-refractivity contribution in [1.29, 1.82) is 0 Å². The number of hydrogen-bond donors (Lipinski definition) is 2. The minimum absolute atomic E-state index is 0.161. The number of hydrogen-bond acceptors (Lipinski definition) is 5. The molecule has 0 amide bonds. The van der Waals surface area contributed by atoms with Crippen molar-refractivity contribution < 1.29 is 19.4 Å². The second-order valence-corrected chi connectivity index (χ2v) is 9.46. The van der Waals surface area contributed by atoms with Crippen LogP contribution in [0.2, 0.25) is 5.02 Å². The molecular formula is C31H32ClNO4. The molecule has 37 heavy (non-hydrogen) atoms. The van der Waals surface area contributed by atoms with Crippen LogP contribution in [0.5, 0.6) is 5.75 Å². The van der Waals surface area contributed by atoms with Crippen molar-refractivity contribution in [2.24, 2.45) is 0 Å².